The summed E-state index contributed by atoms with van der Waals surface area (Å²) >= 11 is 1.83. The van der Waals surface area contributed by atoms with Crippen molar-refractivity contribution in [2.24, 2.45) is 0 Å². The molecule has 0 spiro atoms. The highest BCUT2D eigenvalue weighted by Gasteiger charge is 2.40. The molecule has 0 saturated carbocycles. The summed E-state index contributed by atoms with van der Waals surface area (Å²) in [4.78, 5) is 5.56. The summed E-state index contributed by atoms with van der Waals surface area (Å²) in [5.74, 6) is 4.19. The molecule has 0 fully saturated rings. The minimum Gasteiger partial charge on any atom is -0.458 e. The van der Waals surface area contributed by atoms with Gasteiger partial charge in [-0.1, -0.05) is 103 Å². The highest BCUT2D eigenvalue weighted by atomic mass is 32.1. The number of aromatic nitrogens is 4. The van der Waals surface area contributed by atoms with E-state index in [-0.39, 0.29) is 6.71 Å². The lowest BCUT2D eigenvalue weighted by molar-refractivity contribution is 0.464. The van der Waals surface area contributed by atoms with Gasteiger partial charge in [-0.2, -0.15) is 0 Å². The zero-order valence-corrected chi connectivity index (χ0v) is 31.0. The Morgan fingerprint density at radius 3 is 1.74 bits per heavy atom. The number of nitrogens with zero attached hydrogens (tertiary/aromatic N) is 4. The van der Waals surface area contributed by atoms with Crippen LogP contribution in [0, 0.1) is 0 Å². The van der Waals surface area contributed by atoms with Gasteiger partial charge >= 0.3 is 0 Å². The minimum absolute atomic E-state index is 0.0167. The zero-order chi connectivity index (χ0) is 36.9. The number of benzene rings is 8. The molecule has 2 aliphatic rings. The molecular formula is C49H27BN4O2S. The van der Waals surface area contributed by atoms with Crippen LogP contribution in [0.1, 0.15) is 0 Å². The normalized spacial score (nSPS) is 13.2. The van der Waals surface area contributed by atoms with Gasteiger partial charge in [-0.25, -0.2) is 4.98 Å². The van der Waals surface area contributed by atoms with Crippen LogP contribution in [0.3, 0.4) is 0 Å². The van der Waals surface area contributed by atoms with Crippen molar-refractivity contribution in [3.8, 4) is 34.4 Å². The molecule has 0 atom stereocenters. The first-order valence-electron chi connectivity index (χ1n) is 19.2. The van der Waals surface area contributed by atoms with Crippen LogP contribution in [0.5, 0.6) is 23.0 Å². The molecule has 0 unspecified atom stereocenters. The molecular weight excluding hydrogens is 719 g/mol. The second-order valence-electron chi connectivity index (χ2n) is 15.1. The summed E-state index contributed by atoms with van der Waals surface area (Å²) in [6, 6.07) is 58.3. The molecule has 0 bridgehead atoms. The first-order valence-corrected chi connectivity index (χ1v) is 20.1. The summed E-state index contributed by atoms with van der Waals surface area (Å²) in [6.45, 7) is 0.0167. The molecule has 8 aromatic carbocycles. The molecule has 0 saturated heterocycles. The maximum atomic E-state index is 6.73. The molecule has 12 aromatic rings. The van der Waals surface area contributed by atoms with Gasteiger partial charge in [0.1, 0.15) is 28.5 Å². The van der Waals surface area contributed by atoms with Crippen LogP contribution in [0.25, 0.3) is 81.2 Å². The van der Waals surface area contributed by atoms with Crippen LogP contribution in [-0.2, 0) is 0 Å². The van der Waals surface area contributed by atoms with E-state index in [9.17, 15) is 0 Å². The van der Waals surface area contributed by atoms with Crippen molar-refractivity contribution in [1.29, 1.82) is 0 Å². The molecule has 14 rings (SSSR count). The third-order valence-corrected chi connectivity index (χ3v) is 13.4. The fourth-order valence-electron chi connectivity index (χ4n) is 9.83. The molecule has 8 heteroatoms. The molecule has 4 aromatic heterocycles. The minimum atomic E-state index is 0.0167. The monoisotopic (exact) mass is 746 g/mol. The Morgan fingerprint density at radius 2 is 1.04 bits per heavy atom. The van der Waals surface area contributed by atoms with Crippen LogP contribution in [-0.4, -0.2) is 25.2 Å². The van der Waals surface area contributed by atoms with E-state index in [1.165, 1.54) is 47.7 Å². The van der Waals surface area contributed by atoms with E-state index in [1.54, 1.807) is 0 Å². The molecule has 0 aliphatic carbocycles. The predicted octanol–water partition coefficient (Wildman–Crippen LogP) is 10.6. The predicted molar refractivity (Wildman–Crippen MR) is 234 cm³/mol. The Hall–Kier alpha value is -7.29. The molecule has 2 aliphatic heterocycles. The molecule has 264 valence electrons. The van der Waals surface area contributed by atoms with Crippen LogP contribution in [0.4, 0.5) is 0 Å². The SMILES string of the molecule is c1ccc2c(c1)Oc1cc(-n3c4ccccc4n4c5ccc6c7cccc(-n8c9ccccc9c9ccccc98)c7sc6c5nc34)cc3c1B2c1ccccc1O3. The van der Waals surface area contributed by atoms with Crippen molar-refractivity contribution < 1.29 is 9.47 Å². The van der Waals surface area contributed by atoms with Gasteiger partial charge in [0.05, 0.1) is 48.4 Å². The van der Waals surface area contributed by atoms with Crippen molar-refractivity contribution >= 4 is 104 Å². The van der Waals surface area contributed by atoms with Gasteiger partial charge in [0.2, 0.25) is 5.78 Å². The number of hydrogen-bond donors (Lipinski definition) is 0. The van der Waals surface area contributed by atoms with Crippen molar-refractivity contribution in [1.82, 2.24) is 18.5 Å². The van der Waals surface area contributed by atoms with Gasteiger partial charge in [-0.3, -0.25) is 8.97 Å². The van der Waals surface area contributed by atoms with Crippen molar-refractivity contribution in [3.05, 3.63) is 164 Å². The second-order valence-corrected chi connectivity index (χ2v) is 16.1. The molecule has 57 heavy (non-hydrogen) atoms. The Bertz CT molecular complexity index is 3620. The highest BCUT2D eigenvalue weighted by Crippen LogP contribution is 2.45. The number of hydrogen-bond acceptors (Lipinski definition) is 4. The molecule has 0 amide bonds. The summed E-state index contributed by atoms with van der Waals surface area (Å²) < 4.78 is 22.9. The van der Waals surface area contributed by atoms with E-state index >= 15 is 0 Å². The van der Waals surface area contributed by atoms with E-state index in [2.05, 4.69) is 165 Å². The molecule has 6 heterocycles. The number of ether oxygens (including phenoxy) is 2. The van der Waals surface area contributed by atoms with Crippen LogP contribution < -0.4 is 25.9 Å². The van der Waals surface area contributed by atoms with Crippen LogP contribution in [0.2, 0.25) is 0 Å². The third-order valence-electron chi connectivity index (χ3n) is 12.2. The quantitative estimate of drug-likeness (QED) is 0.166. The average Bonchev–Trinajstić information content (AvgIpc) is 4.00. The fourth-order valence-corrected chi connectivity index (χ4v) is 11.1. The van der Waals surface area contributed by atoms with E-state index in [0.29, 0.717) is 0 Å². The summed E-state index contributed by atoms with van der Waals surface area (Å²) in [7, 11) is 0. The van der Waals surface area contributed by atoms with Gasteiger partial charge in [0.25, 0.3) is 6.71 Å². The molecule has 6 nitrogen and oxygen atoms in total. The largest absolute Gasteiger partial charge is 0.458 e. The standard InChI is InChI=1S/C49H27BN4O2S/c1-5-17-35-29(12-1)30-13-2-6-18-36(30)53(35)40-21-11-14-31-32-24-25-39-46(48(32)57-47(31)40)51-49-52(37-19-7-8-20-38(37)54(39)49)28-26-43-45-44(27-28)56-42-23-10-4-16-34(42)50(45)33-15-3-9-22-41(33)55-43/h1-27H. The first-order chi connectivity index (χ1) is 28.3. The molecule has 0 N–H and O–H groups in total. The van der Waals surface area contributed by atoms with Gasteiger partial charge in [-0.15, -0.1) is 11.3 Å². The van der Waals surface area contributed by atoms with E-state index in [1.807, 2.05) is 23.5 Å². The number of thiophene rings is 1. The van der Waals surface area contributed by atoms with Crippen molar-refractivity contribution in [2.45, 2.75) is 0 Å². The van der Waals surface area contributed by atoms with Crippen molar-refractivity contribution in [3.63, 3.8) is 0 Å². The van der Waals surface area contributed by atoms with Crippen molar-refractivity contribution in [2.75, 3.05) is 0 Å². The Morgan fingerprint density at radius 1 is 0.456 bits per heavy atom. The van der Waals surface area contributed by atoms with Gasteiger partial charge in [-0.05, 0) is 59.5 Å². The van der Waals surface area contributed by atoms with E-state index in [0.717, 1.165) is 72.9 Å². The third kappa shape index (κ3) is 3.82. The second kappa shape index (κ2) is 10.7. The number of para-hydroxylation sites is 6. The fraction of sp³-hybridized carbons (Fsp3) is 0. The van der Waals surface area contributed by atoms with Gasteiger partial charge in [0, 0.05) is 39.1 Å². The summed E-state index contributed by atoms with van der Waals surface area (Å²) in [5.41, 5.74) is 12.1. The van der Waals surface area contributed by atoms with E-state index < -0.39 is 0 Å². The van der Waals surface area contributed by atoms with E-state index in [4.69, 9.17) is 14.5 Å². The first kappa shape index (κ1) is 30.0. The average molecular weight is 747 g/mol. The topological polar surface area (TPSA) is 45.6 Å². The lowest BCUT2D eigenvalue weighted by Gasteiger charge is -2.33. The Kier molecular flexibility index (Phi) is 5.64. The summed E-state index contributed by atoms with van der Waals surface area (Å²) in [6.07, 6.45) is 0. The number of rotatable bonds is 2. The number of imidazole rings is 2. The molecule has 0 radical (unpaired) electrons. The number of fused-ring (bicyclic) bond motifs is 16. The maximum absolute atomic E-state index is 6.73. The Balaban J connectivity index is 1.03. The Labute approximate surface area is 329 Å². The van der Waals surface area contributed by atoms with Gasteiger partial charge < -0.3 is 14.0 Å². The van der Waals surface area contributed by atoms with Gasteiger partial charge in [0.15, 0.2) is 0 Å². The smallest absolute Gasteiger partial charge is 0.260 e. The maximum Gasteiger partial charge on any atom is 0.260 e. The van der Waals surface area contributed by atoms with Crippen LogP contribution in [0.15, 0.2) is 164 Å². The summed E-state index contributed by atoms with van der Waals surface area (Å²) in [5, 5.41) is 4.97. The highest BCUT2D eigenvalue weighted by molar-refractivity contribution is 7.27. The lowest BCUT2D eigenvalue weighted by atomic mass is 9.35. The lowest BCUT2D eigenvalue weighted by Crippen LogP contribution is -2.57. The van der Waals surface area contributed by atoms with Crippen LogP contribution >= 0.6 is 11.3 Å². The zero-order valence-electron chi connectivity index (χ0n) is 30.2.